The van der Waals surface area contributed by atoms with Gasteiger partial charge >= 0.3 is 0 Å². The van der Waals surface area contributed by atoms with E-state index in [9.17, 15) is 32.4 Å². The third-order valence-corrected chi connectivity index (χ3v) is 5.19. The number of nitrogens with zero attached hydrogens (tertiary/aromatic N) is 2. The van der Waals surface area contributed by atoms with E-state index in [1.165, 1.54) is 0 Å². The van der Waals surface area contributed by atoms with Crippen LogP contribution in [0.25, 0.3) is 22.1 Å². The summed E-state index contributed by atoms with van der Waals surface area (Å²) in [5.41, 5.74) is -1.76. The Hall–Kier alpha value is -2.74. The first-order valence-electron chi connectivity index (χ1n) is 6.32. The van der Waals surface area contributed by atoms with Gasteiger partial charge in [-0.2, -0.15) is 26.3 Å². The summed E-state index contributed by atoms with van der Waals surface area (Å²) in [5.74, 6) is -0.982. The average molecular weight is 388 g/mol. The van der Waals surface area contributed by atoms with Gasteiger partial charge in [0, 0.05) is 18.2 Å². The van der Waals surface area contributed by atoms with Crippen LogP contribution in [0.3, 0.4) is 0 Å². The highest BCUT2D eigenvalue weighted by atomic mass is 32.2. The van der Waals surface area contributed by atoms with Gasteiger partial charge in [-0.25, -0.2) is 0 Å². The fourth-order valence-electron chi connectivity index (χ4n) is 2.34. The number of aromatic hydroxyl groups is 1. The molecular weight excluding hydrogens is 380 g/mol. The van der Waals surface area contributed by atoms with Gasteiger partial charge in [0.05, 0.1) is 6.07 Å². The summed E-state index contributed by atoms with van der Waals surface area (Å²) in [4.78, 5) is -1.61. The van der Waals surface area contributed by atoms with Gasteiger partial charge in [0.25, 0.3) is 42.3 Å². The van der Waals surface area contributed by atoms with Crippen molar-refractivity contribution in [1.82, 2.24) is 0 Å². The van der Waals surface area contributed by atoms with Crippen molar-refractivity contribution >= 4 is 42.3 Å². The van der Waals surface area contributed by atoms with E-state index in [0.717, 1.165) is 18.2 Å². The fraction of sp³-hybridized carbons (Fsp3) is 0. The molecule has 13 heteroatoms. The zero-order chi connectivity index (χ0) is 18.7. The lowest BCUT2D eigenvalue weighted by molar-refractivity contribution is -0.591. The van der Waals surface area contributed by atoms with Gasteiger partial charge < -0.3 is 15.5 Å². The van der Waals surface area contributed by atoms with Crippen LogP contribution >= 0.6 is 0 Å². The van der Waals surface area contributed by atoms with Crippen LogP contribution in [0, 0.1) is 10.4 Å². The monoisotopic (exact) mass is 388 g/mol. The van der Waals surface area contributed by atoms with E-state index in [2.05, 4.69) is 0 Å². The molecule has 0 unspecified atom stereocenters. The fourth-order valence-corrected chi connectivity index (χ4v) is 3.42. The van der Waals surface area contributed by atoms with E-state index < -0.39 is 52.3 Å². The van der Waals surface area contributed by atoms with Crippen molar-refractivity contribution in [2.24, 2.45) is 0 Å². The van der Waals surface area contributed by atoms with Gasteiger partial charge in [-0.05, 0) is 6.07 Å². The molecule has 3 N–H and O–H groups in total. The Bertz CT molecular complexity index is 1270. The normalized spacial score (nSPS) is 12.7. The van der Waals surface area contributed by atoms with Crippen molar-refractivity contribution in [2.45, 2.75) is 9.79 Å². The maximum Gasteiger partial charge on any atom is 0.298 e. The van der Waals surface area contributed by atoms with Gasteiger partial charge in [-0.15, -0.1) is 0 Å². The van der Waals surface area contributed by atoms with Crippen LogP contribution in [-0.2, 0) is 20.2 Å². The molecule has 132 valence electrons. The summed E-state index contributed by atoms with van der Waals surface area (Å²) >= 11 is 0. The lowest BCUT2D eigenvalue weighted by atomic mass is 10.2. The van der Waals surface area contributed by atoms with Crippen LogP contribution in [-0.4, -0.2) is 31.0 Å². The molecule has 0 saturated heterocycles. The van der Waals surface area contributed by atoms with Crippen molar-refractivity contribution in [2.75, 3.05) is 0 Å². The standard InChI is InChI=1S/C12H8N2O9S2/c15-11-4-9-10(5-12(11)25(21,22)23)13(16)7-2-1-6(24(18,19)20)3-8(7)14(9)17/h1-5,15H,(H,18,19,20)(H,21,22,23). The predicted octanol–water partition coefficient (Wildman–Crippen LogP) is -0.541. The van der Waals surface area contributed by atoms with E-state index in [0.29, 0.717) is 12.1 Å². The quantitative estimate of drug-likeness (QED) is 0.224. The molecule has 1 aromatic heterocycles. The third-order valence-electron chi connectivity index (χ3n) is 3.45. The van der Waals surface area contributed by atoms with E-state index in [1.54, 1.807) is 0 Å². The molecule has 1 heterocycles. The number of aromatic nitrogens is 2. The molecule has 0 fully saturated rings. The van der Waals surface area contributed by atoms with Crippen molar-refractivity contribution in [3.63, 3.8) is 0 Å². The molecule has 0 spiro atoms. The zero-order valence-corrected chi connectivity index (χ0v) is 13.5. The minimum atomic E-state index is -4.86. The Morgan fingerprint density at radius 2 is 1.28 bits per heavy atom. The highest BCUT2D eigenvalue weighted by Gasteiger charge is 2.28. The first-order valence-corrected chi connectivity index (χ1v) is 9.20. The molecule has 3 aromatic rings. The second-order valence-corrected chi connectivity index (χ2v) is 7.81. The largest absolute Gasteiger partial charge is 0.617 e. The van der Waals surface area contributed by atoms with Crippen LogP contribution in [0.1, 0.15) is 0 Å². The van der Waals surface area contributed by atoms with Gasteiger partial charge in [0.15, 0.2) is 0 Å². The second-order valence-electron chi connectivity index (χ2n) is 5.00. The maximum absolute atomic E-state index is 12.4. The molecule has 0 aliphatic rings. The number of phenols is 1. The molecule has 11 nitrogen and oxygen atoms in total. The third kappa shape index (κ3) is 2.68. The molecule has 0 aliphatic carbocycles. The molecule has 0 radical (unpaired) electrons. The highest BCUT2D eigenvalue weighted by Crippen LogP contribution is 2.27. The van der Waals surface area contributed by atoms with Gasteiger partial charge in [-0.1, -0.05) is 0 Å². The average Bonchev–Trinajstić information content (AvgIpc) is 2.49. The Labute approximate surface area is 139 Å². The van der Waals surface area contributed by atoms with Crippen LogP contribution in [0.4, 0.5) is 0 Å². The molecule has 2 aromatic carbocycles. The van der Waals surface area contributed by atoms with Crippen molar-refractivity contribution in [3.05, 3.63) is 40.7 Å². The summed E-state index contributed by atoms with van der Waals surface area (Å²) < 4.78 is 63.1. The number of phenolic OH excluding ortho intramolecular Hbond substituents is 1. The van der Waals surface area contributed by atoms with Crippen molar-refractivity contribution in [1.29, 1.82) is 0 Å². The van der Waals surface area contributed by atoms with Crippen LogP contribution in [0.2, 0.25) is 0 Å². The smallest absolute Gasteiger partial charge is 0.298 e. The lowest BCUT2D eigenvalue weighted by Crippen LogP contribution is -2.39. The van der Waals surface area contributed by atoms with E-state index >= 15 is 0 Å². The summed E-state index contributed by atoms with van der Waals surface area (Å²) in [5, 5.41) is 34.5. The molecular formula is C12H8N2O9S2. The molecule has 0 saturated carbocycles. The molecule has 0 aliphatic heterocycles. The van der Waals surface area contributed by atoms with Crippen molar-refractivity contribution < 1.29 is 40.5 Å². The summed E-state index contributed by atoms with van der Waals surface area (Å²) in [6, 6.07) is 3.82. The number of rotatable bonds is 2. The Morgan fingerprint density at radius 1 is 0.760 bits per heavy atom. The second kappa shape index (κ2) is 5.13. The number of fused-ring (bicyclic) bond motifs is 2. The Balaban J connectivity index is 2.53. The molecule has 3 rings (SSSR count). The maximum atomic E-state index is 12.4. The van der Waals surface area contributed by atoms with E-state index in [-0.39, 0.29) is 15.0 Å². The molecule has 0 bridgehead atoms. The van der Waals surface area contributed by atoms with Crippen LogP contribution in [0.5, 0.6) is 5.75 Å². The summed E-state index contributed by atoms with van der Waals surface area (Å²) in [6.45, 7) is 0. The SMILES string of the molecule is O=S(=O)(O)c1ccc2c(c1)[n+]([O-])c1cc(O)c(S(=O)(=O)O)cc1[n+]2[O-]. The van der Waals surface area contributed by atoms with Crippen LogP contribution in [0.15, 0.2) is 40.1 Å². The molecule has 25 heavy (non-hydrogen) atoms. The predicted molar refractivity (Wildman–Crippen MR) is 80.7 cm³/mol. The number of benzene rings is 2. The lowest BCUT2D eigenvalue weighted by Gasteiger charge is -2.09. The highest BCUT2D eigenvalue weighted by molar-refractivity contribution is 7.86. The minimum absolute atomic E-state index is 0.0846. The minimum Gasteiger partial charge on any atom is -0.617 e. The van der Waals surface area contributed by atoms with Gasteiger partial charge in [-0.3, -0.25) is 9.11 Å². The summed E-state index contributed by atoms with van der Waals surface area (Å²) in [7, 11) is -9.50. The van der Waals surface area contributed by atoms with Crippen LogP contribution < -0.4 is 9.46 Å². The van der Waals surface area contributed by atoms with Gasteiger partial charge in [0.2, 0.25) is 0 Å². The summed E-state index contributed by atoms with van der Waals surface area (Å²) in [6.07, 6.45) is 0. The molecule has 0 atom stereocenters. The zero-order valence-electron chi connectivity index (χ0n) is 11.9. The molecule has 0 amide bonds. The van der Waals surface area contributed by atoms with Gasteiger partial charge in [0.1, 0.15) is 15.5 Å². The Morgan fingerprint density at radius 3 is 1.84 bits per heavy atom. The van der Waals surface area contributed by atoms with Crippen molar-refractivity contribution in [3.8, 4) is 5.75 Å². The first kappa shape index (κ1) is 17.1. The van der Waals surface area contributed by atoms with E-state index in [1.807, 2.05) is 0 Å². The Kier molecular flexibility index (Phi) is 3.51. The van der Waals surface area contributed by atoms with E-state index in [4.69, 9.17) is 9.11 Å². The topological polar surface area (TPSA) is 183 Å². The first-order chi connectivity index (χ1) is 11.4. The number of hydrogen-bond donors (Lipinski definition) is 3. The number of hydrogen-bond acceptors (Lipinski definition) is 7.